The van der Waals surface area contributed by atoms with E-state index < -0.39 is 0 Å². The molecule has 0 aliphatic rings. The van der Waals surface area contributed by atoms with Gasteiger partial charge < -0.3 is 10.1 Å². The predicted octanol–water partition coefficient (Wildman–Crippen LogP) is 2.86. The number of anilines is 1. The van der Waals surface area contributed by atoms with Crippen molar-refractivity contribution in [2.75, 3.05) is 25.6 Å². The van der Waals surface area contributed by atoms with Crippen LogP contribution in [0.3, 0.4) is 0 Å². The van der Waals surface area contributed by atoms with Crippen molar-refractivity contribution in [2.45, 2.75) is 20.8 Å². The molecule has 1 heterocycles. The molecule has 0 saturated carbocycles. The monoisotopic (exact) mass is 259 g/mol. The zero-order valence-corrected chi connectivity index (χ0v) is 12.0. The minimum Gasteiger partial charge on any atom is -0.383 e. The largest absolute Gasteiger partial charge is 0.383 e. The molecule has 0 radical (unpaired) electrons. The fourth-order valence-electron chi connectivity index (χ4n) is 2.17. The second kappa shape index (κ2) is 5.89. The van der Waals surface area contributed by atoms with E-state index in [1.54, 1.807) is 7.11 Å². The van der Waals surface area contributed by atoms with Crippen molar-refractivity contribution >= 4 is 5.95 Å². The van der Waals surface area contributed by atoms with E-state index in [9.17, 15) is 0 Å². The quantitative estimate of drug-likeness (QED) is 0.839. The number of hydrogen-bond donors (Lipinski definition) is 1. The second-order valence-corrected chi connectivity index (χ2v) is 4.84. The summed E-state index contributed by atoms with van der Waals surface area (Å²) in [7, 11) is 1.70. The maximum Gasteiger partial charge on any atom is 0.207 e. The van der Waals surface area contributed by atoms with Gasteiger partial charge in [-0.05, 0) is 44.0 Å². The predicted molar refractivity (Wildman–Crippen MR) is 78.1 cm³/mol. The third-order valence-corrected chi connectivity index (χ3v) is 2.90. The summed E-state index contributed by atoms with van der Waals surface area (Å²) in [6, 6.07) is 6.50. The van der Waals surface area contributed by atoms with E-state index in [0.29, 0.717) is 6.61 Å². The normalized spacial score (nSPS) is 10.7. The number of rotatable bonds is 5. The molecule has 0 saturated heterocycles. The Labute approximate surface area is 114 Å². The number of methoxy groups -OCH3 is 1. The van der Waals surface area contributed by atoms with E-state index in [0.717, 1.165) is 23.9 Å². The Balaban J connectivity index is 2.32. The highest BCUT2D eigenvalue weighted by Crippen LogP contribution is 2.19. The summed E-state index contributed by atoms with van der Waals surface area (Å²) in [6.45, 7) is 7.63. The molecule has 0 fully saturated rings. The molecule has 2 rings (SSSR count). The summed E-state index contributed by atoms with van der Waals surface area (Å²) < 4.78 is 7.14. The Morgan fingerprint density at radius 3 is 2.47 bits per heavy atom. The van der Waals surface area contributed by atoms with E-state index in [2.05, 4.69) is 46.9 Å². The van der Waals surface area contributed by atoms with Crippen molar-refractivity contribution in [3.05, 3.63) is 41.2 Å². The standard InChI is InChI=1S/C15H21N3O/c1-11-7-12(2)9-14(8-11)18-10-13(3)17-15(18)16-5-6-19-4/h7-10H,5-6H2,1-4H3,(H,16,17). The van der Waals surface area contributed by atoms with Gasteiger partial charge in [-0.1, -0.05) is 6.07 Å². The number of benzene rings is 1. The van der Waals surface area contributed by atoms with Gasteiger partial charge in [0.25, 0.3) is 0 Å². The van der Waals surface area contributed by atoms with Crippen LogP contribution >= 0.6 is 0 Å². The lowest BCUT2D eigenvalue weighted by atomic mass is 10.1. The number of nitrogens with one attached hydrogen (secondary N) is 1. The molecule has 0 atom stereocenters. The highest BCUT2D eigenvalue weighted by Gasteiger charge is 2.07. The number of nitrogens with zero attached hydrogens (tertiary/aromatic N) is 2. The SMILES string of the molecule is COCCNc1nc(C)cn1-c1cc(C)cc(C)c1. The van der Waals surface area contributed by atoms with Crippen LogP contribution < -0.4 is 5.32 Å². The Bertz CT molecular complexity index is 540. The summed E-state index contributed by atoms with van der Waals surface area (Å²) >= 11 is 0. The number of imidazole rings is 1. The van der Waals surface area contributed by atoms with Gasteiger partial charge >= 0.3 is 0 Å². The Kier molecular flexibility index (Phi) is 4.22. The van der Waals surface area contributed by atoms with E-state index in [1.165, 1.54) is 11.1 Å². The summed E-state index contributed by atoms with van der Waals surface area (Å²) in [5.74, 6) is 0.861. The molecule has 1 aromatic heterocycles. The molecule has 0 aliphatic heterocycles. The molecule has 2 aromatic rings. The van der Waals surface area contributed by atoms with Crippen molar-refractivity contribution in [1.29, 1.82) is 0 Å². The van der Waals surface area contributed by atoms with E-state index in [1.807, 2.05) is 13.1 Å². The van der Waals surface area contributed by atoms with Crippen LogP contribution in [-0.4, -0.2) is 29.8 Å². The minimum absolute atomic E-state index is 0.665. The maximum atomic E-state index is 5.05. The van der Waals surface area contributed by atoms with Crippen LogP contribution in [0.25, 0.3) is 5.69 Å². The first-order valence-electron chi connectivity index (χ1n) is 6.47. The number of aromatic nitrogens is 2. The summed E-state index contributed by atoms with van der Waals surface area (Å²) in [5, 5.41) is 3.30. The Morgan fingerprint density at radius 2 is 1.84 bits per heavy atom. The molecule has 4 heteroatoms. The van der Waals surface area contributed by atoms with Crippen molar-refractivity contribution in [3.8, 4) is 5.69 Å². The molecule has 0 spiro atoms. The highest BCUT2D eigenvalue weighted by atomic mass is 16.5. The highest BCUT2D eigenvalue weighted by molar-refractivity contribution is 5.46. The fraction of sp³-hybridized carbons (Fsp3) is 0.400. The van der Waals surface area contributed by atoms with Crippen molar-refractivity contribution in [1.82, 2.24) is 9.55 Å². The van der Waals surface area contributed by atoms with Gasteiger partial charge in [0.1, 0.15) is 0 Å². The van der Waals surface area contributed by atoms with Crippen LogP contribution in [0.1, 0.15) is 16.8 Å². The molecule has 0 bridgehead atoms. The van der Waals surface area contributed by atoms with Gasteiger partial charge in [0.05, 0.1) is 12.3 Å². The summed E-state index contributed by atoms with van der Waals surface area (Å²) in [5.41, 5.74) is 4.64. The Morgan fingerprint density at radius 1 is 1.16 bits per heavy atom. The van der Waals surface area contributed by atoms with Crippen LogP contribution in [0.15, 0.2) is 24.4 Å². The van der Waals surface area contributed by atoms with E-state index in [4.69, 9.17) is 4.74 Å². The summed E-state index contributed by atoms with van der Waals surface area (Å²) in [6.07, 6.45) is 2.04. The molecule has 19 heavy (non-hydrogen) atoms. The lowest BCUT2D eigenvalue weighted by Crippen LogP contribution is -2.11. The maximum absolute atomic E-state index is 5.05. The van der Waals surface area contributed by atoms with Crippen molar-refractivity contribution in [3.63, 3.8) is 0 Å². The minimum atomic E-state index is 0.665. The van der Waals surface area contributed by atoms with Crippen LogP contribution in [-0.2, 0) is 4.74 Å². The first kappa shape index (κ1) is 13.6. The molecule has 0 aliphatic carbocycles. The van der Waals surface area contributed by atoms with Gasteiger partial charge in [-0.3, -0.25) is 4.57 Å². The molecule has 102 valence electrons. The topological polar surface area (TPSA) is 39.1 Å². The van der Waals surface area contributed by atoms with E-state index in [-0.39, 0.29) is 0 Å². The molecule has 1 aromatic carbocycles. The first-order chi connectivity index (χ1) is 9.10. The van der Waals surface area contributed by atoms with Crippen molar-refractivity contribution in [2.24, 2.45) is 0 Å². The van der Waals surface area contributed by atoms with Crippen LogP contribution in [0, 0.1) is 20.8 Å². The van der Waals surface area contributed by atoms with Crippen LogP contribution in [0.5, 0.6) is 0 Å². The third kappa shape index (κ3) is 3.35. The lowest BCUT2D eigenvalue weighted by molar-refractivity contribution is 0.210. The Hall–Kier alpha value is -1.81. The number of hydrogen-bond acceptors (Lipinski definition) is 3. The third-order valence-electron chi connectivity index (χ3n) is 2.90. The average Bonchev–Trinajstić information content (AvgIpc) is 2.70. The molecule has 0 unspecified atom stereocenters. The molecule has 1 N–H and O–H groups in total. The van der Waals surface area contributed by atoms with Crippen LogP contribution in [0.4, 0.5) is 5.95 Å². The molecular formula is C15H21N3O. The zero-order valence-electron chi connectivity index (χ0n) is 12.0. The number of aryl methyl sites for hydroxylation is 3. The average molecular weight is 259 g/mol. The number of ether oxygens (including phenoxy) is 1. The first-order valence-corrected chi connectivity index (χ1v) is 6.47. The van der Waals surface area contributed by atoms with Crippen LogP contribution in [0.2, 0.25) is 0 Å². The van der Waals surface area contributed by atoms with Gasteiger partial charge in [0.15, 0.2) is 0 Å². The van der Waals surface area contributed by atoms with Crippen molar-refractivity contribution < 1.29 is 4.74 Å². The van der Waals surface area contributed by atoms with Gasteiger partial charge in [-0.15, -0.1) is 0 Å². The summed E-state index contributed by atoms with van der Waals surface area (Å²) in [4.78, 5) is 4.51. The zero-order chi connectivity index (χ0) is 13.8. The lowest BCUT2D eigenvalue weighted by Gasteiger charge is -2.11. The van der Waals surface area contributed by atoms with Gasteiger partial charge in [-0.2, -0.15) is 0 Å². The van der Waals surface area contributed by atoms with E-state index >= 15 is 0 Å². The van der Waals surface area contributed by atoms with Gasteiger partial charge in [-0.25, -0.2) is 4.98 Å². The fourth-order valence-corrected chi connectivity index (χ4v) is 2.17. The second-order valence-electron chi connectivity index (χ2n) is 4.84. The molecule has 4 nitrogen and oxygen atoms in total. The smallest absolute Gasteiger partial charge is 0.207 e. The molecule has 0 amide bonds. The molecular weight excluding hydrogens is 238 g/mol. The van der Waals surface area contributed by atoms with Gasteiger partial charge in [0.2, 0.25) is 5.95 Å². The van der Waals surface area contributed by atoms with Gasteiger partial charge in [0, 0.05) is 25.5 Å².